The predicted molar refractivity (Wildman–Crippen MR) is 47.3 cm³/mol. The van der Waals surface area contributed by atoms with E-state index in [4.69, 9.17) is 4.42 Å². The maximum absolute atomic E-state index is 5.57. The highest BCUT2D eigenvalue weighted by Crippen LogP contribution is 2.41. The Hall–Kier alpha value is -0.790. The summed E-state index contributed by atoms with van der Waals surface area (Å²) >= 11 is 0. The summed E-state index contributed by atoms with van der Waals surface area (Å²) in [5, 5.41) is 0. The molecule has 2 heteroatoms. The normalized spacial score (nSPS) is 17.3. The molecule has 1 aromatic rings. The first-order valence-electron chi connectivity index (χ1n) is 4.65. The second-order valence-corrected chi connectivity index (χ2v) is 3.92. The SMILES string of the molecule is Cc1oc(C(C)C)nc1C1CC1. The van der Waals surface area contributed by atoms with Crippen molar-refractivity contribution in [2.45, 2.75) is 45.4 Å². The molecule has 12 heavy (non-hydrogen) atoms. The zero-order chi connectivity index (χ0) is 8.72. The molecule has 0 spiro atoms. The van der Waals surface area contributed by atoms with Gasteiger partial charge in [-0.1, -0.05) is 13.8 Å². The van der Waals surface area contributed by atoms with Crippen LogP contribution in [0.4, 0.5) is 0 Å². The van der Waals surface area contributed by atoms with Crippen LogP contribution in [0, 0.1) is 6.92 Å². The van der Waals surface area contributed by atoms with Gasteiger partial charge in [-0.25, -0.2) is 4.98 Å². The lowest BCUT2D eigenvalue weighted by Crippen LogP contribution is -1.87. The minimum absolute atomic E-state index is 0.413. The Labute approximate surface area is 73.0 Å². The monoisotopic (exact) mass is 165 g/mol. The maximum atomic E-state index is 5.57. The van der Waals surface area contributed by atoms with Crippen LogP contribution < -0.4 is 0 Å². The molecule has 0 unspecified atom stereocenters. The Bertz CT molecular complexity index is 284. The van der Waals surface area contributed by atoms with Gasteiger partial charge >= 0.3 is 0 Å². The minimum atomic E-state index is 0.413. The molecular formula is C10H15NO. The van der Waals surface area contributed by atoms with E-state index in [0.717, 1.165) is 11.7 Å². The molecule has 0 aliphatic heterocycles. The Morgan fingerprint density at radius 3 is 2.50 bits per heavy atom. The van der Waals surface area contributed by atoms with Gasteiger partial charge in [0.2, 0.25) is 0 Å². The molecule has 1 heterocycles. The smallest absolute Gasteiger partial charge is 0.197 e. The van der Waals surface area contributed by atoms with Crippen LogP contribution in [0.1, 0.15) is 55.9 Å². The number of nitrogens with zero attached hydrogens (tertiary/aromatic N) is 1. The highest BCUT2D eigenvalue weighted by molar-refractivity contribution is 5.19. The van der Waals surface area contributed by atoms with Gasteiger partial charge in [0.25, 0.3) is 0 Å². The van der Waals surface area contributed by atoms with Crippen molar-refractivity contribution in [2.75, 3.05) is 0 Å². The van der Waals surface area contributed by atoms with Crippen molar-refractivity contribution in [3.05, 3.63) is 17.3 Å². The third kappa shape index (κ3) is 1.26. The van der Waals surface area contributed by atoms with Crippen LogP contribution >= 0.6 is 0 Å². The summed E-state index contributed by atoms with van der Waals surface area (Å²) < 4.78 is 5.57. The van der Waals surface area contributed by atoms with Crippen LogP contribution in [0.25, 0.3) is 0 Å². The minimum Gasteiger partial charge on any atom is -0.445 e. The van der Waals surface area contributed by atoms with Crippen LogP contribution in [0.3, 0.4) is 0 Å². The van der Waals surface area contributed by atoms with Gasteiger partial charge in [-0.15, -0.1) is 0 Å². The molecule has 0 amide bonds. The molecule has 1 aromatic heterocycles. The van der Waals surface area contributed by atoms with Crippen LogP contribution in [0.5, 0.6) is 0 Å². The molecule has 1 aliphatic carbocycles. The molecule has 0 N–H and O–H groups in total. The predicted octanol–water partition coefficient (Wildman–Crippen LogP) is 2.98. The zero-order valence-electron chi connectivity index (χ0n) is 7.92. The van der Waals surface area contributed by atoms with E-state index in [2.05, 4.69) is 18.8 Å². The van der Waals surface area contributed by atoms with Crippen molar-refractivity contribution < 1.29 is 4.42 Å². The third-order valence-corrected chi connectivity index (χ3v) is 2.31. The lowest BCUT2D eigenvalue weighted by Gasteiger charge is -1.94. The first kappa shape index (κ1) is 7.84. The van der Waals surface area contributed by atoms with Crippen molar-refractivity contribution in [3.8, 4) is 0 Å². The Balaban J connectivity index is 2.30. The number of hydrogen-bond acceptors (Lipinski definition) is 2. The number of aromatic nitrogens is 1. The van der Waals surface area contributed by atoms with E-state index in [0.29, 0.717) is 11.8 Å². The number of aryl methyl sites for hydroxylation is 1. The van der Waals surface area contributed by atoms with Gasteiger partial charge in [0.1, 0.15) is 5.76 Å². The number of rotatable bonds is 2. The van der Waals surface area contributed by atoms with Crippen LogP contribution in [-0.4, -0.2) is 4.98 Å². The maximum Gasteiger partial charge on any atom is 0.197 e. The Kier molecular flexibility index (Phi) is 1.71. The van der Waals surface area contributed by atoms with Crippen LogP contribution in [0.2, 0.25) is 0 Å². The Morgan fingerprint density at radius 1 is 1.42 bits per heavy atom. The average Bonchev–Trinajstić information content (AvgIpc) is 2.75. The summed E-state index contributed by atoms with van der Waals surface area (Å²) in [6.45, 7) is 6.25. The van der Waals surface area contributed by atoms with E-state index < -0.39 is 0 Å². The molecule has 0 saturated heterocycles. The summed E-state index contributed by atoms with van der Waals surface area (Å²) in [4.78, 5) is 4.50. The third-order valence-electron chi connectivity index (χ3n) is 2.31. The van der Waals surface area contributed by atoms with Gasteiger partial charge in [0.15, 0.2) is 5.89 Å². The van der Waals surface area contributed by atoms with E-state index in [1.807, 2.05) is 6.92 Å². The van der Waals surface area contributed by atoms with Crippen molar-refractivity contribution in [3.63, 3.8) is 0 Å². The van der Waals surface area contributed by atoms with E-state index in [1.54, 1.807) is 0 Å². The fraction of sp³-hybridized carbons (Fsp3) is 0.700. The lowest BCUT2D eigenvalue weighted by atomic mass is 10.2. The average molecular weight is 165 g/mol. The summed E-state index contributed by atoms with van der Waals surface area (Å²) in [5.74, 6) is 3.05. The summed E-state index contributed by atoms with van der Waals surface area (Å²) in [6.07, 6.45) is 2.59. The first-order chi connectivity index (χ1) is 5.68. The molecule has 1 aliphatic rings. The fourth-order valence-corrected chi connectivity index (χ4v) is 1.41. The molecular weight excluding hydrogens is 150 g/mol. The van der Waals surface area contributed by atoms with Gasteiger partial charge in [0, 0.05) is 11.8 Å². The fourth-order valence-electron chi connectivity index (χ4n) is 1.41. The molecule has 0 bridgehead atoms. The van der Waals surface area contributed by atoms with Crippen LogP contribution in [0.15, 0.2) is 4.42 Å². The molecule has 0 atom stereocenters. The van der Waals surface area contributed by atoms with E-state index in [-0.39, 0.29) is 0 Å². The topological polar surface area (TPSA) is 26.0 Å². The molecule has 2 rings (SSSR count). The summed E-state index contributed by atoms with van der Waals surface area (Å²) in [7, 11) is 0. The molecule has 0 aromatic carbocycles. The van der Waals surface area contributed by atoms with Gasteiger partial charge in [-0.05, 0) is 19.8 Å². The van der Waals surface area contributed by atoms with Gasteiger partial charge in [-0.2, -0.15) is 0 Å². The van der Waals surface area contributed by atoms with Gasteiger partial charge in [-0.3, -0.25) is 0 Å². The lowest BCUT2D eigenvalue weighted by molar-refractivity contribution is 0.449. The zero-order valence-corrected chi connectivity index (χ0v) is 7.92. The molecule has 1 saturated carbocycles. The molecule has 2 nitrogen and oxygen atoms in total. The van der Waals surface area contributed by atoms with Crippen LogP contribution in [-0.2, 0) is 0 Å². The molecule has 66 valence electrons. The quantitative estimate of drug-likeness (QED) is 0.673. The highest BCUT2D eigenvalue weighted by Gasteiger charge is 2.29. The van der Waals surface area contributed by atoms with E-state index in [9.17, 15) is 0 Å². The number of oxazole rings is 1. The summed E-state index contributed by atoms with van der Waals surface area (Å²) in [5.41, 5.74) is 1.21. The van der Waals surface area contributed by atoms with Gasteiger partial charge < -0.3 is 4.42 Å². The van der Waals surface area contributed by atoms with Crippen molar-refractivity contribution >= 4 is 0 Å². The second kappa shape index (κ2) is 2.61. The highest BCUT2D eigenvalue weighted by atomic mass is 16.4. The Morgan fingerprint density at radius 2 is 2.08 bits per heavy atom. The molecule has 0 radical (unpaired) electrons. The standard InChI is InChI=1S/C10H15NO/c1-6(2)10-11-9(7(3)12-10)8-4-5-8/h6,8H,4-5H2,1-3H3. The van der Waals surface area contributed by atoms with Crippen molar-refractivity contribution in [2.24, 2.45) is 0 Å². The first-order valence-corrected chi connectivity index (χ1v) is 4.65. The molecule has 1 fully saturated rings. The van der Waals surface area contributed by atoms with Crippen molar-refractivity contribution in [1.82, 2.24) is 4.98 Å². The largest absolute Gasteiger partial charge is 0.445 e. The number of hydrogen-bond donors (Lipinski definition) is 0. The van der Waals surface area contributed by atoms with E-state index >= 15 is 0 Å². The van der Waals surface area contributed by atoms with Gasteiger partial charge in [0.05, 0.1) is 5.69 Å². The second-order valence-electron chi connectivity index (χ2n) is 3.92. The summed E-state index contributed by atoms with van der Waals surface area (Å²) in [6, 6.07) is 0. The van der Waals surface area contributed by atoms with Crippen molar-refractivity contribution in [1.29, 1.82) is 0 Å². The van der Waals surface area contributed by atoms with E-state index in [1.165, 1.54) is 18.5 Å².